The number of rotatable bonds is 11. The molecule has 10 nitrogen and oxygen atoms in total. The van der Waals surface area contributed by atoms with Crippen LogP contribution in [0.2, 0.25) is 0 Å². The number of hydrogen-bond acceptors (Lipinski definition) is 4. The predicted molar refractivity (Wildman–Crippen MR) is 367 cm³/mol. The fourth-order valence-corrected chi connectivity index (χ4v) is 11.8. The van der Waals surface area contributed by atoms with E-state index in [2.05, 4.69) is 265 Å². The van der Waals surface area contributed by atoms with Gasteiger partial charge in [-0.3, -0.25) is 0 Å². The molecule has 0 N–H and O–H groups in total. The van der Waals surface area contributed by atoms with E-state index in [0.29, 0.717) is 0 Å². The molecule has 10 heteroatoms. The van der Waals surface area contributed by atoms with Crippen molar-refractivity contribution in [3.05, 3.63) is 248 Å². The zero-order chi connectivity index (χ0) is 62.0. The Labute approximate surface area is 516 Å². The van der Waals surface area contributed by atoms with Gasteiger partial charge in [0.25, 0.3) is 0 Å². The summed E-state index contributed by atoms with van der Waals surface area (Å²) in [5.41, 5.74) is 24.9. The Morgan fingerprint density at radius 1 is 0.372 bits per heavy atom. The number of aryl methyl sites for hydroxylation is 2. The molecule has 8 aromatic rings. The fraction of sp³-hybridized carbons (Fsp3) is 0.342. The van der Waals surface area contributed by atoms with Crippen LogP contribution in [0.3, 0.4) is 0 Å². The number of aromatic nitrogens is 2. The molecule has 0 radical (unpaired) electrons. The fourth-order valence-electron chi connectivity index (χ4n) is 11.8. The molecule has 0 bridgehead atoms. The second-order valence-electron chi connectivity index (χ2n) is 21.4. The van der Waals surface area contributed by atoms with Crippen molar-refractivity contribution in [3.8, 4) is 0 Å². The molecule has 0 atom stereocenters. The molecule has 12 rings (SSSR count). The largest absolute Gasteiger partial charge is 0.331 e. The number of nitrogens with zero attached hydrogens (tertiary/aromatic N) is 10. The summed E-state index contributed by atoms with van der Waals surface area (Å²) in [6, 6.07) is 58.8. The molecule has 2 aromatic heterocycles. The van der Waals surface area contributed by atoms with E-state index < -0.39 is 0 Å². The third-order valence-electron chi connectivity index (χ3n) is 16.7. The molecule has 6 heterocycles. The van der Waals surface area contributed by atoms with Gasteiger partial charge in [0.15, 0.2) is 35.9 Å². The summed E-state index contributed by atoms with van der Waals surface area (Å²) in [6.07, 6.45) is 4.23. The van der Waals surface area contributed by atoms with Gasteiger partial charge in [0, 0.05) is 138 Å². The molecule has 86 heavy (non-hydrogen) atoms. The van der Waals surface area contributed by atoms with Crippen LogP contribution in [0.5, 0.6) is 0 Å². The van der Waals surface area contributed by atoms with Crippen LogP contribution >= 0.6 is 0 Å². The van der Waals surface area contributed by atoms with E-state index in [9.17, 15) is 0 Å². The molecule has 0 saturated carbocycles. The van der Waals surface area contributed by atoms with E-state index in [-0.39, 0.29) is 0 Å². The van der Waals surface area contributed by atoms with Gasteiger partial charge in [-0.2, -0.15) is 9.13 Å². The van der Waals surface area contributed by atoms with Crippen molar-refractivity contribution in [1.82, 2.24) is 0 Å². The van der Waals surface area contributed by atoms with Crippen molar-refractivity contribution in [2.45, 2.75) is 156 Å². The van der Waals surface area contributed by atoms with E-state index in [1.807, 2.05) is 55.4 Å². The summed E-state index contributed by atoms with van der Waals surface area (Å²) in [7, 11) is 4.14. The Hall–Kier alpha value is -8.50. The standard InChI is InChI=1S/C49H52N6.C19H20N4.4C2H6/c1-33-25-44(35(3)37(5)53(33)30-39-15-9-8-10-16-39)27-45-26-34(2)54(38(6)36(45)4)31-40-21-23-41(24-22-40)32-55-47-20-14-12-18-43(47)29-49(55)51-50-48-28-42-17-11-13-19-46(42)52(48)7;1-3-23-17-11-7-5-9-15(17)13-19(23)21-20-18-12-14-8-4-6-10-16(14)22(18)2;4*1-2/h8-26H,27-32H2,1-7H3;4-11H,3,12-13H2,1-2H3;4*1-2H3/q+2;;;;;/b50-48+,51-49-;20-18+,21-19+;;;;. The van der Waals surface area contributed by atoms with E-state index in [1.54, 1.807) is 0 Å². The van der Waals surface area contributed by atoms with Gasteiger partial charge in [0.1, 0.15) is 23.3 Å². The number of likely N-dealkylation sites (N-methyl/N-ethyl adjacent to an activating group) is 3. The van der Waals surface area contributed by atoms with Gasteiger partial charge in [0.2, 0.25) is 0 Å². The molecule has 4 aliphatic heterocycles. The molecule has 6 aromatic carbocycles. The van der Waals surface area contributed by atoms with Crippen molar-refractivity contribution in [2.75, 3.05) is 40.2 Å². The van der Waals surface area contributed by atoms with Crippen LogP contribution in [0.1, 0.15) is 146 Å². The Balaban J connectivity index is 0.000000283. The van der Waals surface area contributed by atoms with Crippen LogP contribution in [-0.2, 0) is 51.7 Å². The summed E-state index contributed by atoms with van der Waals surface area (Å²) in [5, 5.41) is 18.9. The van der Waals surface area contributed by atoms with Crippen LogP contribution in [0.25, 0.3) is 0 Å². The molecule has 4 aliphatic rings. The van der Waals surface area contributed by atoms with E-state index in [4.69, 9.17) is 10.2 Å². The second kappa shape index (κ2) is 31.1. The number of amidine groups is 4. The molecular weight excluding hydrogens is 1050 g/mol. The van der Waals surface area contributed by atoms with Crippen molar-refractivity contribution in [3.63, 3.8) is 0 Å². The number of hydrogen-bond donors (Lipinski definition) is 0. The summed E-state index contributed by atoms with van der Waals surface area (Å²) in [5.74, 6) is 4.01. The van der Waals surface area contributed by atoms with Crippen molar-refractivity contribution in [1.29, 1.82) is 0 Å². The minimum atomic E-state index is 0.750. The maximum absolute atomic E-state index is 4.88. The lowest BCUT2D eigenvalue weighted by Crippen LogP contribution is -2.42. The lowest BCUT2D eigenvalue weighted by Gasteiger charge is -2.20. The minimum Gasteiger partial charge on any atom is -0.331 e. The Kier molecular flexibility index (Phi) is 23.5. The zero-order valence-corrected chi connectivity index (χ0v) is 54.9. The van der Waals surface area contributed by atoms with Crippen LogP contribution in [0, 0.1) is 41.5 Å². The van der Waals surface area contributed by atoms with Gasteiger partial charge < -0.3 is 19.6 Å². The number of pyridine rings is 2. The molecule has 0 fully saturated rings. The lowest BCUT2D eigenvalue weighted by atomic mass is 9.95. The first-order valence-corrected chi connectivity index (χ1v) is 31.6. The normalized spacial score (nSPS) is 15.1. The van der Waals surface area contributed by atoms with Gasteiger partial charge >= 0.3 is 0 Å². The molecule has 0 unspecified atom stereocenters. The number of benzene rings is 6. The predicted octanol–water partition coefficient (Wildman–Crippen LogP) is 16.3. The molecular formula is C76H96N10+2. The first kappa shape index (κ1) is 65.1. The Morgan fingerprint density at radius 2 is 0.698 bits per heavy atom. The smallest absolute Gasteiger partial charge is 0.181 e. The molecule has 0 aliphatic carbocycles. The van der Waals surface area contributed by atoms with Crippen LogP contribution < -0.4 is 28.7 Å². The minimum absolute atomic E-state index is 0.750. The monoisotopic (exact) mass is 1150 g/mol. The van der Waals surface area contributed by atoms with Gasteiger partial charge in [-0.05, 0) is 90.4 Å². The van der Waals surface area contributed by atoms with Gasteiger partial charge in [-0.25, -0.2) is 0 Å². The summed E-state index contributed by atoms with van der Waals surface area (Å²) < 4.78 is 4.91. The number of anilines is 4. The first-order valence-electron chi connectivity index (χ1n) is 31.6. The average molecular weight is 1150 g/mol. The van der Waals surface area contributed by atoms with Crippen LogP contribution in [0.15, 0.2) is 184 Å². The highest BCUT2D eigenvalue weighted by atomic mass is 15.4. The van der Waals surface area contributed by atoms with Gasteiger partial charge in [0.05, 0.1) is 0 Å². The third-order valence-corrected chi connectivity index (χ3v) is 16.7. The lowest BCUT2D eigenvalue weighted by molar-refractivity contribution is -0.700. The second-order valence-corrected chi connectivity index (χ2v) is 21.4. The first-order chi connectivity index (χ1) is 41.9. The number of para-hydroxylation sites is 4. The van der Waals surface area contributed by atoms with E-state index in [0.717, 1.165) is 81.6 Å². The SMILES string of the molecule is CC.CC.CC.CC.CCN1/C(=N/N=C2\Cc3ccccc3N2C)Cc2ccccc21.Cc1c(Cc2cc(C)[n+](Cc3ccc(CN4/C(=N\N=C5/Cc6ccccc6N5C)Cc5ccccc54)cc3)c(C)c2C)cc(C)[n+](Cc2ccccc2)c1C. The van der Waals surface area contributed by atoms with E-state index >= 15 is 0 Å². The van der Waals surface area contributed by atoms with E-state index in [1.165, 1.54) is 107 Å². The topological polar surface area (TPSA) is 70.2 Å². The Bertz CT molecular complexity index is 3680. The van der Waals surface area contributed by atoms with Crippen LogP contribution in [-0.4, -0.2) is 44.0 Å². The van der Waals surface area contributed by atoms with Crippen molar-refractivity contribution >= 4 is 46.1 Å². The highest BCUT2D eigenvalue weighted by molar-refractivity contribution is 6.09. The maximum atomic E-state index is 4.88. The molecule has 0 amide bonds. The summed E-state index contributed by atoms with van der Waals surface area (Å²) in [4.78, 5) is 8.88. The van der Waals surface area contributed by atoms with Crippen LogP contribution in [0.4, 0.5) is 22.7 Å². The quantitative estimate of drug-likeness (QED) is 0.0956. The molecule has 448 valence electrons. The molecule has 0 spiro atoms. The van der Waals surface area contributed by atoms with Gasteiger partial charge in [-0.15, -0.1) is 20.4 Å². The highest BCUT2D eigenvalue weighted by Gasteiger charge is 2.29. The summed E-state index contributed by atoms with van der Waals surface area (Å²) >= 11 is 0. The average Bonchev–Trinajstić information content (AvgIpc) is 2.35. The molecule has 0 saturated heterocycles. The Morgan fingerprint density at radius 3 is 1.12 bits per heavy atom. The number of fused-ring (bicyclic) bond motifs is 4. The maximum Gasteiger partial charge on any atom is 0.181 e. The summed E-state index contributed by atoms with van der Waals surface area (Å²) in [6.45, 7) is 35.2. The highest BCUT2D eigenvalue weighted by Crippen LogP contribution is 2.34. The zero-order valence-electron chi connectivity index (χ0n) is 54.9. The van der Waals surface area contributed by atoms with Crippen molar-refractivity contribution < 1.29 is 9.13 Å². The van der Waals surface area contributed by atoms with Gasteiger partial charge in [-0.1, -0.05) is 183 Å². The van der Waals surface area contributed by atoms with Crippen molar-refractivity contribution in [2.24, 2.45) is 20.4 Å². The third kappa shape index (κ3) is 14.6.